The topological polar surface area (TPSA) is 58.5 Å². The van der Waals surface area contributed by atoms with Gasteiger partial charge in [0.15, 0.2) is 0 Å². The third kappa shape index (κ3) is 2.87. The fourth-order valence-corrected chi connectivity index (χ4v) is 3.74. The van der Waals surface area contributed by atoms with Crippen LogP contribution in [0.1, 0.15) is 12.5 Å². The van der Waals surface area contributed by atoms with E-state index in [-0.39, 0.29) is 16.4 Å². The molecule has 23 heavy (non-hydrogen) atoms. The molecule has 4 nitrogen and oxygen atoms in total. The summed E-state index contributed by atoms with van der Waals surface area (Å²) in [5, 5.41) is 2.69. The van der Waals surface area contributed by atoms with E-state index in [1.165, 1.54) is 42.5 Å². The lowest BCUT2D eigenvalue weighted by Gasteiger charge is -2.07. The maximum Gasteiger partial charge on any atom is 0.285 e. The van der Waals surface area contributed by atoms with E-state index in [9.17, 15) is 17.2 Å². The van der Waals surface area contributed by atoms with Gasteiger partial charge in [0.1, 0.15) is 22.4 Å². The minimum atomic E-state index is -3.92. The van der Waals surface area contributed by atoms with Gasteiger partial charge >= 0.3 is 0 Å². The van der Waals surface area contributed by atoms with E-state index in [1.54, 1.807) is 13.0 Å². The molecule has 0 spiro atoms. The second-order valence-electron chi connectivity index (χ2n) is 4.98. The van der Waals surface area contributed by atoms with Crippen molar-refractivity contribution >= 4 is 26.5 Å². The molecule has 0 saturated heterocycles. The quantitative estimate of drug-likeness (QED) is 0.914. The number of sulfonamides is 1. The van der Waals surface area contributed by atoms with Crippen molar-refractivity contribution in [3.63, 3.8) is 0 Å². The van der Waals surface area contributed by atoms with Crippen LogP contribution in [0.5, 0.6) is 0 Å². The second kappa shape index (κ2) is 5.58. The predicted octanol–water partition coefficient (Wildman–Crippen LogP) is 3.55. The molecule has 0 saturated carbocycles. The molecular formula is C16H12F2N2O2S. The molecule has 0 fully saturated rings. The van der Waals surface area contributed by atoms with Crippen LogP contribution >= 0.6 is 0 Å². The molecule has 0 bridgehead atoms. The maximum absolute atomic E-state index is 13.7. The number of nitrogens with zero attached hydrogens (tertiary/aromatic N) is 1. The third-order valence-electron chi connectivity index (χ3n) is 3.40. The first-order valence-electron chi connectivity index (χ1n) is 6.72. The van der Waals surface area contributed by atoms with Crippen molar-refractivity contribution in [1.29, 1.82) is 0 Å². The third-order valence-corrected chi connectivity index (χ3v) is 4.88. The van der Waals surface area contributed by atoms with Gasteiger partial charge in [-0.1, -0.05) is 24.3 Å². The fourth-order valence-electron chi connectivity index (χ4n) is 2.31. The van der Waals surface area contributed by atoms with Crippen LogP contribution in [0.2, 0.25) is 0 Å². The van der Waals surface area contributed by atoms with E-state index in [1.807, 2.05) is 0 Å². The first-order valence-corrected chi connectivity index (χ1v) is 8.16. The van der Waals surface area contributed by atoms with E-state index in [0.717, 1.165) is 0 Å². The average molecular weight is 334 g/mol. The molecule has 2 aromatic rings. The first-order chi connectivity index (χ1) is 10.9. The van der Waals surface area contributed by atoms with Gasteiger partial charge in [-0.05, 0) is 36.8 Å². The zero-order valence-corrected chi connectivity index (χ0v) is 12.9. The number of para-hydroxylation sites is 1. The van der Waals surface area contributed by atoms with Gasteiger partial charge in [0.2, 0.25) is 0 Å². The van der Waals surface area contributed by atoms with Crippen LogP contribution in [0.25, 0.3) is 4.91 Å². The Bertz CT molecular complexity index is 933. The van der Waals surface area contributed by atoms with Crippen molar-refractivity contribution in [1.82, 2.24) is 0 Å². The van der Waals surface area contributed by atoms with Crippen molar-refractivity contribution in [2.75, 3.05) is 5.32 Å². The molecule has 1 aliphatic heterocycles. The molecule has 2 aromatic carbocycles. The summed E-state index contributed by atoms with van der Waals surface area (Å²) in [7, 11) is -3.92. The molecule has 1 aliphatic rings. The number of nitrogens with one attached hydrogen (secondary N) is 1. The lowest BCUT2D eigenvalue weighted by atomic mass is 10.1. The number of halogens is 2. The predicted molar refractivity (Wildman–Crippen MR) is 85.4 cm³/mol. The van der Waals surface area contributed by atoms with Gasteiger partial charge in [-0.25, -0.2) is 8.78 Å². The monoisotopic (exact) mass is 334 g/mol. The highest BCUT2D eigenvalue weighted by atomic mass is 32.2. The van der Waals surface area contributed by atoms with E-state index >= 15 is 0 Å². The van der Waals surface area contributed by atoms with Crippen LogP contribution in [-0.4, -0.2) is 14.3 Å². The number of rotatable bonds is 2. The average Bonchev–Trinajstić information content (AvgIpc) is 2.72. The number of hydrogen-bond donors (Lipinski definition) is 1. The van der Waals surface area contributed by atoms with Gasteiger partial charge in [-0.15, -0.1) is 4.40 Å². The summed E-state index contributed by atoms with van der Waals surface area (Å²) in [5.74, 6) is -0.932. The highest BCUT2D eigenvalue weighted by molar-refractivity contribution is 8.00. The molecule has 1 N–H and O–H groups in total. The summed E-state index contributed by atoms with van der Waals surface area (Å²) in [6.45, 7) is 1.57. The largest absolute Gasteiger partial charge is 0.337 e. The number of amidine groups is 1. The van der Waals surface area contributed by atoms with Gasteiger partial charge in [-0.2, -0.15) is 8.42 Å². The standard InChI is InChI=1S/C16H12F2N2O2S/c1-10-15(11-6-8-12(17)9-7-11)23(21,22)20-16(10)19-14-5-3-2-4-13(14)18/h2-9H,1H3,(H,19,20). The summed E-state index contributed by atoms with van der Waals surface area (Å²) in [4.78, 5) is -0.0173. The van der Waals surface area contributed by atoms with E-state index in [2.05, 4.69) is 9.71 Å². The van der Waals surface area contributed by atoms with Gasteiger partial charge in [-0.3, -0.25) is 0 Å². The van der Waals surface area contributed by atoms with Crippen LogP contribution in [0.4, 0.5) is 14.5 Å². The fraction of sp³-hybridized carbons (Fsp3) is 0.0625. The number of anilines is 1. The van der Waals surface area contributed by atoms with Crippen molar-refractivity contribution in [2.45, 2.75) is 6.92 Å². The van der Waals surface area contributed by atoms with Crippen molar-refractivity contribution in [3.05, 3.63) is 71.3 Å². The smallest absolute Gasteiger partial charge is 0.285 e. The highest BCUT2D eigenvalue weighted by Crippen LogP contribution is 2.33. The summed E-state index contributed by atoms with van der Waals surface area (Å²) < 4.78 is 54.9. The summed E-state index contributed by atoms with van der Waals surface area (Å²) in [5.41, 5.74) is 0.805. The summed E-state index contributed by atoms with van der Waals surface area (Å²) in [6.07, 6.45) is 0. The lowest BCUT2D eigenvalue weighted by Crippen LogP contribution is -2.12. The minimum absolute atomic E-state index is 0.0173. The zero-order chi connectivity index (χ0) is 16.6. The summed E-state index contributed by atoms with van der Waals surface area (Å²) in [6, 6.07) is 11.0. The molecule has 3 rings (SSSR count). The van der Waals surface area contributed by atoms with Crippen LogP contribution < -0.4 is 5.32 Å². The Morgan fingerprint density at radius 3 is 2.30 bits per heavy atom. The molecule has 0 atom stereocenters. The second-order valence-corrected chi connectivity index (χ2v) is 6.52. The number of hydrogen-bond acceptors (Lipinski definition) is 3. The SMILES string of the molecule is CC1=C(c2ccc(F)cc2)S(=O)(=O)N=C1Nc1ccccc1F. The molecular weight excluding hydrogens is 322 g/mol. The highest BCUT2D eigenvalue weighted by Gasteiger charge is 2.31. The Morgan fingerprint density at radius 2 is 1.65 bits per heavy atom. The summed E-state index contributed by atoms with van der Waals surface area (Å²) >= 11 is 0. The molecule has 0 amide bonds. The van der Waals surface area contributed by atoms with Gasteiger partial charge in [0, 0.05) is 5.57 Å². The van der Waals surface area contributed by atoms with Crippen LogP contribution in [0.3, 0.4) is 0 Å². The molecule has 0 unspecified atom stereocenters. The van der Waals surface area contributed by atoms with Gasteiger partial charge < -0.3 is 5.32 Å². The lowest BCUT2D eigenvalue weighted by molar-refractivity contribution is 0.608. The Labute approximate surface area is 132 Å². The Kier molecular flexibility index (Phi) is 3.73. The van der Waals surface area contributed by atoms with Crippen molar-refractivity contribution < 1.29 is 17.2 Å². The van der Waals surface area contributed by atoms with Crippen LogP contribution in [0.15, 0.2) is 58.5 Å². The minimum Gasteiger partial charge on any atom is -0.337 e. The normalized spacial score (nSPS) is 16.4. The Balaban J connectivity index is 2.04. The molecule has 7 heteroatoms. The van der Waals surface area contributed by atoms with E-state index in [0.29, 0.717) is 11.1 Å². The van der Waals surface area contributed by atoms with E-state index < -0.39 is 21.7 Å². The Morgan fingerprint density at radius 1 is 1.00 bits per heavy atom. The Hall–Kier alpha value is -2.54. The molecule has 0 radical (unpaired) electrons. The van der Waals surface area contributed by atoms with Gasteiger partial charge in [0.05, 0.1) is 5.69 Å². The van der Waals surface area contributed by atoms with Crippen molar-refractivity contribution in [3.8, 4) is 0 Å². The zero-order valence-electron chi connectivity index (χ0n) is 12.0. The first kappa shape index (κ1) is 15.4. The van der Waals surface area contributed by atoms with Crippen LogP contribution in [0, 0.1) is 11.6 Å². The maximum atomic E-state index is 13.7. The number of benzene rings is 2. The van der Waals surface area contributed by atoms with Crippen LogP contribution in [-0.2, 0) is 10.0 Å². The molecule has 1 heterocycles. The van der Waals surface area contributed by atoms with E-state index in [4.69, 9.17) is 0 Å². The van der Waals surface area contributed by atoms with Crippen molar-refractivity contribution in [2.24, 2.45) is 4.40 Å². The molecule has 0 aromatic heterocycles. The molecule has 118 valence electrons. The molecule has 0 aliphatic carbocycles. The van der Waals surface area contributed by atoms with Gasteiger partial charge in [0.25, 0.3) is 10.0 Å².